The maximum atomic E-state index is 13.2. The molecule has 4 aromatic carbocycles. The van der Waals surface area contributed by atoms with E-state index in [-0.39, 0.29) is 22.8 Å². The number of rotatable bonds is 7. The lowest BCUT2D eigenvalue weighted by atomic mass is 10.0. The maximum absolute atomic E-state index is 13.2. The zero-order valence-corrected chi connectivity index (χ0v) is 22.6. The van der Waals surface area contributed by atoms with Crippen molar-refractivity contribution in [3.63, 3.8) is 0 Å². The molecule has 1 aromatic heterocycles. The monoisotopic (exact) mass is 591 g/mol. The minimum absolute atomic E-state index is 0.0106. The van der Waals surface area contributed by atoms with Gasteiger partial charge in [0.1, 0.15) is 5.69 Å². The van der Waals surface area contributed by atoms with Crippen LogP contribution in [0.25, 0.3) is 22.0 Å². The first-order valence-electron chi connectivity index (χ1n) is 12.4. The molecule has 7 nitrogen and oxygen atoms in total. The molecule has 0 aliphatic carbocycles. The third-order valence-electron chi connectivity index (χ3n) is 6.27. The standard InChI is InChI=1S/C31H21ClF3N3O4/c1-41-26-15-18(13-14-25(26)42-30(40)19-7-6-8-20(16-19)31(33,34)35)17-36-38-29(39)28-27(21-9-2-4-11-23(21)32)22-10-3-5-12-24(22)37-28/h2-17,37H,1H3,(H,38,39). The molecule has 0 bridgehead atoms. The number of hydrazone groups is 1. The Labute approximate surface area is 242 Å². The van der Waals surface area contributed by atoms with E-state index in [2.05, 4.69) is 15.5 Å². The van der Waals surface area contributed by atoms with E-state index >= 15 is 0 Å². The van der Waals surface area contributed by atoms with Gasteiger partial charge in [-0.2, -0.15) is 18.3 Å². The molecule has 1 amide bonds. The average molecular weight is 592 g/mol. The predicted octanol–water partition coefficient (Wildman–Crippen LogP) is 7.50. The number of halogens is 4. The Morgan fingerprint density at radius 1 is 0.929 bits per heavy atom. The Morgan fingerprint density at radius 2 is 1.69 bits per heavy atom. The number of nitrogens with zero attached hydrogens (tertiary/aromatic N) is 1. The average Bonchev–Trinajstić information content (AvgIpc) is 3.37. The number of esters is 1. The fraction of sp³-hybridized carbons (Fsp3) is 0.0645. The van der Waals surface area contributed by atoms with Gasteiger partial charge in [0.2, 0.25) is 0 Å². The quantitative estimate of drug-likeness (QED) is 0.0887. The number of carbonyl (C=O) groups is 2. The number of alkyl halides is 3. The minimum Gasteiger partial charge on any atom is -0.493 e. The van der Waals surface area contributed by atoms with Crippen molar-refractivity contribution in [1.29, 1.82) is 0 Å². The highest BCUT2D eigenvalue weighted by atomic mass is 35.5. The lowest BCUT2D eigenvalue weighted by Gasteiger charge is -2.11. The summed E-state index contributed by atoms with van der Waals surface area (Å²) in [7, 11) is 1.34. The van der Waals surface area contributed by atoms with Gasteiger partial charge in [-0.1, -0.05) is 54.1 Å². The van der Waals surface area contributed by atoms with E-state index in [1.807, 2.05) is 36.4 Å². The van der Waals surface area contributed by atoms with E-state index in [0.717, 1.165) is 23.0 Å². The molecule has 0 saturated carbocycles. The van der Waals surface area contributed by atoms with Crippen molar-refractivity contribution < 1.29 is 32.2 Å². The molecule has 11 heteroatoms. The second kappa shape index (κ2) is 11.8. The summed E-state index contributed by atoms with van der Waals surface area (Å²) in [6.45, 7) is 0. The third kappa shape index (κ3) is 5.98. The smallest absolute Gasteiger partial charge is 0.416 e. The highest BCUT2D eigenvalue weighted by Crippen LogP contribution is 2.36. The normalized spacial score (nSPS) is 11.5. The van der Waals surface area contributed by atoms with Crippen LogP contribution in [0.15, 0.2) is 96.1 Å². The van der Waals surface area contributed by atoms with Crippen LogP contribution in [0.2, 0.25) is 5.02 Å². The Hall–Kier alpha value is -5.09. The van der Waals surface area contributed by atoms with Gasteiger partial charge in [0, 0.05) is 27.1 Å². The van der Waals surface area contributed by atoms with Crippen molar-refractivity contribution in [3.05, 3.63) is 118 Å². The molecule has 1 heterocycles. The van der Waals surface area contributed by atoms with Crippen LogP contribution >= 0.6 is 11.6 Å². The minimum atomic E-state index is -4.60. The zero-order chi connectivity index (χ0) is 29.9. The molecule has 0 atom stereocenters. The topological polar surface area (TPSA) is 92.8 Å². The van der Waals surface area contributed by atoms with Gasteiger partial charge in [-0.3, -0.25) is 4.79 Å². The van der Waals surface area contributed by atoms with Crippen LogP contribution in [-0.4, -0.2) is 30.2 Å². The van der Waals surface area contributed by atoms with Crippen molar-refractivity contribution >= 4 is 40.6 Å². The van der Waals surface area contributed by atoms with Gasteiger partial charge in [-0.15, -0.1) is 0 Å². The van der Waals surface area contributed by atoms with Crippen LogP contribution in [0.3, 0.4) is 0 Å². The van der Waals surface area contributed by atoms with Crippen LogP contribution in [0.1, 0.15) is 32.0 Å². The number of para-hydroxylation sites is 1. The molecule has 2 N–H and O–H groups in total. The maximum Gasteiger partial charge on any atom is 0.416 e. The number of nitrogens with one attached hydrogen (secondary N) is 2. The van der Waals surface area contributed by atoms with E-state index in [0.29, 0.717) is 27.8 Å². The highest BCUT2D eigenvalue weighted by molar-refractivity contribution is 6.34. The van der Waals surface area contributed by atoms with E-state index in [4.69, 9.17) is 21.1 Å². The Bertz CT molecular complexity index is 1830. The molecular weight excluding hydrogens is 571 g/mol. The Kier molecular flexibility index (Phi) is 7.99. The van der Waals surface area contributed by atoms with Crippen LogP contribution in [0.5, 0.6) is 11.5 Å². The van der Waals surface area contributed by atoms with Gasteiger partial charge in [-0.25, -0.2) is 10.2 Å². The van der Waals surface area contributed by atoms with Gasteiger partial charge in [0.15, 0.2) is 11.5 Å². The number of amides is 1. The summed E-state index contributed by atoms with van der Waals surface area (Å²) in [6.07, 6.45) is -3.24. The SMILES string of the molecule is COc1cc(C=NNC(=O)c2[nH]c3ccccc3c2-c2ccccc2Cl)ccc1OC(=O)c1cccc(C(F)(F)F)c1. The lowest BCUT2D eigenvalue weighted by Crippen LogP contribution is -2.19. The Morgan fingerprint density at radius 3 is 2.45 bits per heavy atom. The van der Waals surface area contributed by atoms with Crippen LogP contribution < -0.4 is 14.9 Å². The van der Waals surface area contributed by atoms with Gasteiger partial charge in [0.05, 0.1) is 24.5 Å². The molecule has 0 radical (unpaired) electrons. The number of hydrogen-bond donors (Lipinski definition) is 2. The molecule has 0 fully saturated rings. The van der Waals surface area contributed by atoms with Crippen molar-refractivity contribution in [2.24, 2.45) is 5.10 Å². The van der Waals surface area contributed by atoms with E-state index < -0.39 is 23.6 Å². The van der Waals surface area contributed by atoms with Crippen LogP contribution in [0.4, 0.5) is 13.2 Å². The zero-order valence-electron chi connectivity index (χ0n) is 21.8. The molecular formula is C31H21ClF3N3O4. The molecule has 5 aromatic rings. The first-order valence-corrected chi connectivity index (χ1v) is 12.8. The number of aromatic amines is 1. The first-order chi connectivity index (χ1) is 20.2. The number of methoxy groups -OCH3 is 1. The van der Waals surface area contributed by atoms with Crippen LogP contribution in [-0.2, 0) is 6.18 Å². The molecule has 0 spiro atoms. The fourth-order valence-electron chi connectivity index (χ4n) is 4.31. The van der Waals surface area contributed by atoms with Crippen molar-refractivity contribution in [2.45, 2.75) is 6.18 Å². The summed E-state index contributed by atoms with van der Waals surface area (Å²) in [6, 6.07) is 23.0. The van der Waals surface area contributed by atoms with E-state index in [1.165, 1.54) is 37.6 Å². The molecule has 42 heavy (non-hydrogen) atoms. The summed E-state index contributed by atoms with van der Waals surface area (Å²) in [4.78, 5) is 28.8. The van der Waals surface area contributed by atoms with Gasteiger partial charge in [-0.05, 0) is 54.1 Å². The van der Waals surface area contributed by atoms with E-state index in [1.54, 1.807) is 12.1 Å². The largest absolute Gasteiger partial charge is 0.493 e. The number of benzene rings is 4. The summed E-state index contributed by atoms with van der Waals surface area (Å²) in [5, 5.41) is 5.35. The summed E-state index contributed by atoms with van der Waals surface area (Å²) in [5.41, 5.74) is 4.09. The molecule has 0 aliphatic heterocycles. The molecule has 0 unspecified atom stereocenters. The summed E-state index contributed by atoms with van der Waals surface area (Å²) < 4.78 is 49.6. The predicted molar refractivity (Wildman–Crippen MR) is 153 cm³/mol. The molecule has 5 rings (SSSR count). The molecule has 212 valence electrons. The van der Waals surface area contributed by atoms with Crippen molar-refractivity contribution in [3.8, 4) is 22.6 Å². The first kappa shape index (κ1) is 28.4. The van der Waals surface area contributed by atoms with Crippen LogP contribution in [0, 0.1) is 0 Å². The van der Waals surface area contributed by atoms with E-state index in [9.17, 15) is 22.8 Å². The Balaban J connectivity index is 1.33. The molecule has 0 saturated heterocycles. The number of aromatic nitrogens is 1. The number of hydrogen-bond acceptors (Lipinski definition) is 5. The molecule has 0 aliphatic rings. The number of carbonyl (C=O) groups excluding carboxylic acids is 2. The summed E-state index contributed by atoms with van der Waals surface area (Å²) in [5.74, 6) is -1.37. The summed E-state index contributed by atoms with van der Waals surface area (Å²) >= 11 is 6.45. The van der Waals surface area contributed by atoms with Gasteiger partial charge >= 0.3 is 12.1 Å². The lowest BCUT2D eigenvalue weighted by molar-refractivity contribution is -0.137. The van der Waals surface area contributed by atoms with Crippen molar-refractivity contribution in [2.75, 3.05) is 7.11 Å². The third-order valence-corrected chi connectivity index (χ3v) is 6.60. The van der Waals surface area contributed by atoms with Crippen molar-refractivity contribution in [1.82, 2.24) is 10.4 Å². The van der Waals surface area contributed by atoms with Gasteiger partial charge in [0.25, 0.3) is 5.91 Å². The second-order valence-corrected chi connectivity index (χ2v) is 9.39. The van der Waals surface area contributed by atoms with Gasteiger partial charge < -0.3 is 14.5 Å². The highest BCUT2D eigenvalue weighted by Gasteiger charge is 2.31. The number of fused-ring (bicyclic) bond motifs is 1. The number of H-pyrrole nitrogens is 1. The second-order valence-electron chi connectivity index (χ2n) is 8.98. The fourth-order valence-corrected chi connectivity index (χ4v) is 4.54. The number of ether oxygens (including phenoxy) is 2.